The Morgan fingerprint density at radius 3 is 2.28 bits per heavy atom. The molecule has 108 valence electrons. The number of aliphatic hydroxyl groups excluding tert-OH is 1. The molecule has 0 aromatic heterocycles. The maximum atomic E-state index is 10.3. The summed E-state index contributed by atoms with van der Waals surface area (Å²) in [6.07, 6.45) is -1.59. The van der Waals surface area contributed by atoms with Crippen LogP contribution >= 0.6 is 58.1 Å². The largest absolute Gasteiger partial charge is 0.388 e. The van der Waals surface area contributed by atoms with E-state index in [2.05, 4.69) is 20.8 Å². The van der Waals surface area contributed by atoms with Crippen LogP contribution in [0, 0.1) is 5.41 Å². The Labute approximate surface area is 140 Å². The fourth-order valence-corrected chi connectivity index (χ4v) is 3.96. The molecule has 1 saturated heterocycles. The molecule has 0 aliphatic carbocycles. The molecule has 5 unspecified atom stereocenters. The SMILES string of the molecule is CC(C)(C)CC1OC(OI)C(SO)C(OI)C1O. The highest BCUT2D eigenvalue weighted by molar-refractivity contribution is 14.1. The molecular formula is C10H18I2O5S. The molecule has 1 aliphatic heterocycles. The van der Waals surface area contributed by atoms with E-state index in [1.807, 2.05) is 0 Å². The van der Waals surface area contributed by atoms with Gasteiger partial charge in [0.05, 0.1) is 6.10 Å². The van der Waals surface area contributed by atoms with Crippen molar-refractivity contribution in [1.29, 1.82) is 0 Å². The van der Waals surface area contributed by atoms with E-state index in [4.69, 9.17) is 10.9 Å². The predicted molar refractivity (Wildman–Crippen MR) is 86.7 cm³/mol. The number of rotatable bonds is 4. The van der Waals surface area contributed by atoms with Crippen LogP contribution in [0.3, 0.4) is 0 Å². The lowest BCUT2D eigenvalue weighted by molar-refractivity contribution is -0.205. The van der Waals surface area contributed by atoms with Crippen LogP contribution < -0.4 is 0 Å². The number of aliphatic hydroxyl groups is 1. The molecule has 8 heteroatoms. The van der Waals surface area contributed by atoms with Gasteiger partial charge in [-0.15, -0.1) is 0 Å². The van der Waals surface area contributed by atoms with Gasteiger partial charge in [0.15, 0.2) is 6.29 Å². The molecule has 1 aliphatic rings. The van der Waals surface area contributed by atoms with E-state index in [1.54, 1.807) is 46.0 Å². The van der Waals surface area contributed by atoms with Crippen molar-refractivity contribution in [2.45, 2.75) is 57.0 Å². The van der Waals surface area contributed by atoms with Crippen molar-refractivity contribution in [3.63, 3.8) is 0 Å². The van der Waals surface area contributed by atoms with Crippen molar-refractivity contribution in [3.05, 3.63) is 0 Å². The van der Waals surface area contributed by atoms with Gasteiger partial charge in [-0.25, -0.2) is 0 Å². The minimum atomic E-state index is -0.784. The first-order chi connectivity index (χ1) is 8.34. The molecule has 0 spiro atoms. The van der Waals surface area contributed by atoms with Gasteiger partial charge < -0.3 is 17.5 Å². The summed E-state index contributed by atoms with van der Waals surface area (Å²) >= 11 is 4.06. The van der Waals surface area contributed by atoms with Crippen molar-refractivity contribution < 1.29 is 20.5 Å². The van der Waals surface area contributed by atoms with Gasteiger partial charge in [-0.05, 0) is 23.9 Å². The molecule has 1 heterocycles. The molecule has 1 rings (SSSR count). The van der Waals surface area contributed by atoms with Gasteiger partial charge >= 0.3 is 0 Å². The minimum Gasteiger partial charge on any atom is -0.388 e. The van der Waals surface area contributed by atoms with Crippen molar-refractivity contribution in [3.8, 4) is 0 Å². The standard InChI is InChI=1S/C10H18I2O5S/c1-10(2,3)4-5-6(13)7(16-11)8(18-14)9(15-5)17-12/h5-9,13-14H,4H2,1-3H3. The summed E-state index contributed by atoms with van der Waals surface area (Å²) in [5.74, 6) is 0. The second-order valence-electron chi connectivity index (χ2n) is 5.51. The zero-order valence-electron chi connectivity index (χ0n) is 10.4. The monoisotopic (exact) mass is 504 g/mol. The lowest BCUT2D eigenvalue weighted by Crippen LogP contribution is -2.57. The van der Waals surface area contributed by atoms with Crippen LogP contribution in [-0.4, -0.2) is 39.5 Å². The van der Waals surface area contributed by atoms with Crippen molar-refractivity contribution in [1.82, 2.24) is 0 Å². The predicted octanol–water partition coefficient (Wildman–Crippen LogP) is 3.19. The van der Waals surface area contributed by atoms with E-state index in [1.165, 1.54) is 0 Å². The van der Waals surface area contributed by atoms with Gasteiger partial charge in [-0.3, -0.25) is 3.07 Å². The molecule has 0 radical (unpaired) electrons. The topological polar surface area (TPSA) is 68.2 Å². The number of hydrogen-bond acceptors (Lipinski definition) is 6. The summed E-state index contributed by atoms with van der Waals surface area (Å²) in [5.41, 5.74) is 0.0243. The van der Waals surface area contributed by atoms with Crippen LogP contribution in [0.15, 0.2) is 0 Å². The molecule has 0 amide bonds. The first-order valence-electron chi connectivity index (χ1n) is 5.52. The summed E-state index contributed by atoms with van der Waals surface area (Å²) in [7, 11) is 0. The first-order valence-corrected chi connectivity index (χ1v) is 8.12. The Morgan fingerprint density at radius 2 is 1.89 bits per heavy atom. The molecule has 0 bridgehead atoms. The average molecular weight is 504 g/mol. The molecule has 0 aromatic rings. The lowest BCUT2D eigenvalue weighted by Gasteiger charge is -2.43. The average Bonchev–Trinajstić information content (AvgIpc) is 2.29. The molecule has 2 N–H and O–H groups in total. The third-order valence-corrected chi connectivity index (χ3v) is 4.57. The highest BCUT2D eigenvalue weighted by atomic mass is 127. The van der Waals surface area contributed by atoms with Crippen LogP contribution in [0.5, 0.6) is 0 Å². The van der Waals surface area contributed by atoms with Crippen LogP contribution in [0.4, 0.5) is 0 Å². The van der Waals surface area contributed by atoms with Crippen molar-refractivity contribution >= 4 is 58.1 Å². The summed E-state index contributed by atoms with van der Waals surface area (Å²) in [5, 5.41) is 9.80. The maximum absolute atomic E-state index is 10.3. The van der Waals surface area contributed by atoms with E-state index in [9.17, 15) is 9.66 Å². The summed E-state index contributed by atoms with van der Waals surface area (Å²) < 4.78 is 25.5. The quantitative estimate of drug-likeness (QED) is 0.453. The molecule has 18 heavy (non-hydrogen) atoms. The van der Waals surface area contributed by atoms with Gasteiger partial charge in [0, 0.05) is 0 Å². The zero-order valence-corrected chi connectivity index (χ0v) is 15.5. The van der Waals surface area contributed by atoms with Gasteiger partial charge in [0.2, 0.25) is 0 Å². The van der Waals surface area contributed by atoms with Crippen LogP contribution in [0.25, 0.3) is 0 Å². The van der Waals surface area contributed by atoms with Gasteiger partial charge in [-0.1, -0.05) is 20.8 Å². The third-order valence-electron chi connectivity index (χ3n) is 2.74. The van der Waals surface area contributed by atoms with Crippen LogP contribution in [-0.2, 0) is 10.9 Å². The first kappa shape index (κ1) is 17.7. The van der Waals surface area contributed by atoms with Crippen LogP contribution in [0.1, 0.15) is 27.2 Å². The molecule has 5 atom stereocenters. The summed E-state index contributed by atoms with van der Waals surface area (Å²) in [4.78, 5) is 0. The fourth-order valence-electron chi connectivity index (χ4n) is 1.95. The molecule has 0 saturated carbocycles. The number of hydrogen-bond donors (Lipinski definition) is 2. The second-order valence-corrected chi connectivity index (χ2v) is 7.28. The smallest absolute Gasteiger partial charge is 0.185 e. The Hall–Kier alpha value is 1.61. The molecule has 5 nitrogen and oxygen atoms in total. The highest BCUT2D eigenvalue weighted by Gasteiger charge is 2.47. The van der Waals surface area contributed by atoms with Gasteiger partial charge in [0.1, 0.15) is 63.5 Å². The van der Waals surface area contributed by atoms with Crippen molar-refractivity contribution in [2.75, 3.05) is 0 Å². The molecule has 0 aromatic carbocycles. The van der Waals surface area contributed by atoms with E-state index in [0.717, 1.165) is 0 Å². The third kappa shape index (κ3) is 4.57. The normalized spacial score (nSPS) is 37.8. The van der Waals surface area contributed by atoms with E-state index in [0.29, 0.717) is 18.5 Å². The fraction of sp³-hybridized carbons (Fsp3) is 1.00. The van der Waals surface area contributed by atoms with Gasteiger partial charge in [-0.2, -0.15) is 0 Å². The zero-order chi connectivity index (χ0) is 13.9. The number of halogens is 2. The Bertz CT molecular complexity index is 263. The Balaban J connectivity index is 2.83. The second kappa shape index (κ2) is 7.57. The molecule has 1 fully saturated rings. The summed E-state index contributed by atoms with van der Waals surface area (Å²) in [6.45, 7) is 6.24. The summed E-state index contributed by atoms with van der Waals surface area (Å²) in [6, 6.07) is 0. The lowest BCUT2D eigenvalue weighted by atomic mass is 9.85. The van der Waals surface area contributed by atoms with Crippen LogP contribution in [0.2, 0.25) is 0 Å². The molecular weight excluding hydrogens is 486 g/mol. The van der Waals surface area contributed by atoms with E-state index in [-0.39, 0.29) is 11.5 Å². The minimum absolute atomic E-state index is 0.0243. The highest BCUT2D eigenvalue weighted by Crippen LogP contribution is 2.37. The maximum Gasteiger partial charge on any atom is 0.185 e. The van der Waals surface area contributed by atoms with E-state index < -0.39 is 23.7 Å². The Morgan fingerprint density at radius 1 is 1.28 bits per heavy atom. The van der Waals surface area contributed by atoms with E-state index >= 15 is 0 Å². The Kier molecular flexibility index (Phi) is 7.43. The van der Waals surface area contributed by atoms with Crippen molar-refractivity contribution in [2.24, 2.45) is 5.41 Å². The van der Waals surface area contributed by atoms with Gasteiger partial charge in [0.25, 0.3) is 0 Å². The number of ether oxygens (including phenoxy) is 1.